The first-order chi connectivity index (χ1) is 12.2. The van der Waals surface area contributed by atoms with Crippen molar-refractivity contribution in [3.63, 3.8) is 0 Å². The molecule has 0 aromatic heterocycles. The topological polar surface area (TPSA) is 38.8 Å². The van der Waals surface area contributed by atoms with Crippen LogP contribution in [0.5, 0.6) is 11.5 Å². The van der Waals surface area contributed by atoms with Gasteiger partial charge in [-0.3, -0.25) is 4.79 Å². The van der Waals surface area contributed by atoms with E-state index in [4.69, 9.17) is 9.47 Å². The summed E-state index contributed by atoms with van der Waals surface area (Å²) in [6, 6.07) is 15.9. The largest absolute Gasteiger partial charge is 0.497 e. The zero-order valence-corrected chi connectivity index (χ0v) is 14.6. The standard InChI is InChI=1S/C21H23NO3/c1-24-18-11-12-20(25-2)17(15-18)10-13-21(23)22-14-6-9-19(22)16-7-4-3-5-8-16/h3-5,7-8,10-13,15,19H,6,9,14H2,1-2H3. The Kier molecular flexibility index (Phi) is 5.39. The van der Waals surface area contributed by atoms with E-state index < -0.39 is 0 Å². The van der Waals surface area contributed by atoms with Crippen LogP contribution >= 0.6 is 0 Å². The van der Waals surface area contributed by atoms with Crippen LogP contribution < -0.4 is 9.47 Å². The summed E-state index contributed by atoms with van der Waals surface area (Å²) in [6.07, 6.45) is 5.45. The number of carbonyl (C=O) groups excluding carboxylic acids is 1. The van der Waals surface area contributed by atoms with Gasteiger partial charge in [0.2, 0.25) is 5.91 Å². The molecule has 2 aromatic carbocycles. The van der Waals surface area contributed by atoms with Crippen molar-refractivity contribution in [1.82, 2.24) is 4.90 Å². The molecule has 1 aliphatic rings. The lowest BCUT2D eigenvalue weighted by molar-refractivity contribution is -0.126. The normalized spacial score (nSPS) is 17.0. The molecule has 2 aromatic rings. The van der Waals surface area contributed by atoms with Crippen molar-refractivity contribution in [3.8, 4) is 11.5 Å². The molecule has 1 atom stereocenters. The van der Waals surface area contributed by atoms with E-state index in [0.717, 1.165) is 30.7 Å². The van der Waals surface area contributed by atoms with Crippen LogP contribution in [0.25, 0.3) is 6.08 Å². The molecule has 1 unspecified atom stereocenters. The zero-order valence-electron chi connectivity index (χ0n) is 14.6. The highest BCUT2D eigenvalue weighted by atomic mass is 16.5. The maximum atomic E-state index is 12.7. The van der Waals surface area contributed by atoms with E-state index in [0.29, 0.717) is 5.75 Å². The van der Waals surface area contributed by atoms with Crippen LogP contribution in [0.15, 0.2) is 54.6 Å². The van der Waals surface area contributed by atoms with Crippen LogP contribution in [0.1, 0.15) is 30.0 Å². The maximum Gasteiger partial charge on any atom is 0.247 e. The molecule has 4 heteroatoms. The molecule has 0 saturated carbocycles. The fraction of sp³-hybridized carbons (Fsp3) is 0.286. The predicted molar refractivity (Wildman–Crippen MR) is 98.7 cm³/mol. The van der Waals surface area contributed by atoms with Crippen LogP contribution in [-0.4, -0.2) is 31.6 Å². The third kappa shape index (κ3) is 3.85. The lowest BCUT2D eigenvalue weighted by Gasteiger charge is -2.23. The molecule has 4 nitrogen and oxygen atoms in total. The third-order valence-corrected chi connectivity index (χ3v) is 4.56. The maximum absolute atomic E-state index is 12.7. The van der Waals surface area contributed by atoms with Crippen molar-refractivity contribution in [1.29, 1.82) is 0 Å². The molecular formula is C21H23NO3. The van der Waals surface area contributed by atoms with Gasteiger partial charge in [0.05, 0.1) is 20.3 Å². The summed E-state index contributed by atoms with van der Waals surface area (Å²) in [7, 11) is 3.24. The van der Waals surface area contributed by atoms with Gasteiger partial charge in [-0.15, -0.1) is 0 Å². The van der Waals surface area contributed by atoms with Crippen LogP contribution in [-0.2, 0) is 4.79 Å². The number of likely N-dealkylation sites (tertiary alicyclic amines) is 1. The summed E-state index contributed by atoms with van der Waals surface area (Å²) in [5.41, 5.74) is 2.02. The molecule has 0 spiro atoms. The van der Waals surface area contributed by atoms with Crippen molar-refractivity contribution < 1.29 is 14.3 Å². The Hall–Kier alpha value is -2.75. The summed E-state index contributed by atoms with van der Waals surface area (Å²) in [6.45, 7) is 0.790. The first kappa shape index (κ1) is 17.1. The molecule has 1 amide bonds. The summed E-state index contributed by atoms with van der Waals surface area (Å²) in [5, 5.41) is 0. The first-order valence-corrected chi connectivity index (χ1v) is 8.48. The predicted octanol–water partition coefficient (Wildman–Crippen LogP) is 4.08. The van der Waals surface area contributed by atoms with Gasteiger partial charge in [-0.05, 0) is 42.7 Å². The molecule has 25 heavy (non-hydrogen) atoms. The molecule has 1 heterocycles. The van der Waals surface area contributed by atoms with Gasteiger partial charge in [0.25, 0.3) is 0 Å². The van der Waals surface area contributed by atoms with Crippen LogP contribution in [0.4, 0.5) is 0 Å². The van der Waals surface area contributed by atoms with Gasteiger partial charge in [0.15, 0.2) is 0 Å². The molecular weight excluding hydrogens is 314 g/mol. The van der Waals surface area contributed by atoms with Crippen molar-refractivity contribution >= 4 is 12.0 Å². The fourth-order valence-electron chi connectivity index (χ4n) is 3.28. The molecule has 1 aliphatic heterocycles. The number of hydrogen-bond donors (Lipinski definition) is 0. The van der Waals surface area contributed by atoms with Gasteiger partial charge in [0.1, 0.15) is 11.5 Å². The van der Waals surface area contributed by atoms with E-state index in [2.05, 4.69) is 12.1 Å². The molecule has 0 radical (unpaired) electrons. The van der Waals surface area contributed by atoms with Crippen molar-refractivity contribution in [2.45, 2.75) is 18.9 Å². The Morgan fingerprint density at radius 1 is 1.12 bits per heavy atom. The van der Waals surface area contributed by atoms with E-state index in [1.54, 1.807) is 26.4 Å². The van der Waals surface area contributed by atoms with E-state index in [1.165, 1.54) is 5.56 Å². The molecule has 130 valence electrons. The van der Waals surface area contributed by atoms with Crippen LogP contribution in [0.2, 0.25) is 0 Å². The SMILES string of the molecule is COc1ccc(OC)c(C=CC(=O)N2CCCC2c2ccccc2)c1. The monoisotopic (exact) mass is 337 g/mol. The Balaban J connectivity index is 1.78. The molecule has 1 saturated heterocycles. The quantitative estimate of drug-likeness (QED) is 0.772. The number of rotatable bonds is 5. The molecule has 0 aliphatic carbocycles. The second kappa shape index (κ2) is 7.88. The number of hydrogen-bond acceptors (Lipinski definition) is 3. The Labute approximate surface area is 148 Å². The second-order valence-corrected chi connectivity index (χ2v) is 6.04. The number of methoxy groups -OCH3 is 2. The highest BCUT2D eigenvalue weighted by molar-refractivity contribution is 5.92. The van der Waals surface area contributed by atoms with Gasteiger partial charge >= 0.3 is 0 Å². The second-order valence-electron chi connectivity index (χ2n) is 6.04. The first-order valence-electron chi connectivity index (χ1n) is 8.48. The lowest BCUT2D eigenvalue weighted by atomic mass is 10.0. The Bertz CT molecular complexity index is 755. The number of amides is 1. The molecule has 3 rings (SSSR count). The number of benzene rings is 2. The zero-order chi connectivity index (χ0) is 17.6. The summed E-state index contributed by atoms with van der Waals surface area (Å²) < 4.78 is 10.6. The Morgan fingerprint density at radius 3 is 2.64 bits per heavy atom. The smallest absolute Gasteiger partial charge is 0.247 e. The highest BCUT2D eigenvalue weighted by Gasteiger charge is 2.28. The van der Waals surface area contributed by atoms with Gasteiger partial charge in [0, 0.05) is 18.2 Å². The summed E-state index contributed by atoms with van der Waals surface area (Å²) in [4.78, 5) is 14.7. The van der Waals surface area contributed by atoms with E-state index in [1.807, 2.05) is 41.3 Å². The average molecular weight is 337 g/mol. The number of ether oxygens (including phenoxy) is 2. The van der Waals surface area contributed by atoms with Gasteiger partial charge in [-0.1, -0.05) is 30.3 Å². The minimum Gasteiger partial charge on any atom is -0.497 e. The number of nitrogens with zero attached hydrogens (tertiary/aromatic N) is 1. The fourth-order valence-corrected chi connectivity index (χ4v) is 3.28. The highest BCUT2D eigenvalue weighted by Crippen LogP contribution is 2.32. The van der Waals surface area contributed by atoms with Crippen LogP contribution in [0, 0.1) is 0 Å². The van der Waals surface area contributed by atoms with Crippen LogP contribution in [0.3, 0.4) is 0 Å². The lowest BCUT2D eigenvalue weighted by Crippen LogP contribution is -2.28. The number of carbonyl (C=O) groups is 1. The van der Waals surface area contributed by atoms with Gasteiger partial charge in [-0.25, -0.2) is 0 Å². The summed E-state index contributed by atoms with van der Waals surface area (Å²) >= 11 is 0. The van der Waals surface area contributed by atoms with Crippen molar-refractivity contribution in [2.75, 3.05) is 20.8 Å². The third-order valence-electron chi connectivity index (χ3n) is 4.56. The van der Waals surface area contributed by atoms with E-state index in [-0.39, 0.29) is 11.9 Å². The minimum atomic E-state index is 0.0243. The average Bonchev–Trinajstić information content (AvgIpc) is 3.16. The van der Waals surface area contributed by atoms with E-state index in [9.17, 15) is 4.79 Å². The van der Waals surface area contributed by atoms with Crippen molar-refractivity contribution in [2.24, 2.45) is 0 Å². The van der Waals surface area contributed by atoms with Gasteiger partial charge < -0.3 is 14.4 Å². The molecule has 0 N–H and O–H groups in total. The van der Waals surface area contributed by atoms with Crippen molar-refractivity contribution in [3.05, 3.63) is 65.7 Å². The summed E-state index contributed by atoms with van der Waals surface area (Å²) in [5.74, 6) is 1.47. The van der Waals surface area contributed by atoms with Gasteiger partial charge in [-0.2, -0.15) is 0 Å². The molecule has 0 bridgehead atoms. The molecule has 1 fully saturated rings. The minimum absolute atomic E-state index is 0.0243. The Morgan fingerprint density at radius 2 is 1.92 bits per heavy atom. The van der Waals surface area contributed by atoms with E-state index >= 15 is 0 Å².